The van der Waals surface area contributed by atoms with E-state index < -0.39 is 16.1 Å². The number of carbonyl (C=O) groups is 1. The van der Waals surface area contributed by atoms with E-state index in [2.05, 4.69) is 10.3 Å². The molecular weight excluding hydrogens is 366 g/mol. The summed E-state index contributed by atoms with van der Waals surface area (Å²) >= 11 is 0. The standard InChI is InChI=1S/C19H23N3O4S/c1-14-6-9-16(10-7-14)27(24,25)22-12-4-3-5-17(22)19(23)21-15-8-11-18(26-2)20-13-15/h6-11,13,17H,3-5,12H2,1-2H3,(H,21,23). The summed E-state index contributed by atoms with van der Waals surface area (Å²) in [6.07, 6.45) is 3.51. The number of methoxy groups -OCH3 is 1. The van der Waals surface area contributed by atoms with Gasteiger partial charge in [0.05, 0.1) is 23.9 Å². The topological polar surface area (TPSA) is 88.6 Å². The number of hydrogen-bond acceptors (Lipinski definition) is 5. The van der Waals surface area contributed by atoms with Gasteiger partial charge in [-0.05, 0) is 38.0 Å². The number of ether oxygens (including phenoxy) is 1. The molecule has 0 saturated carbocycles. The van der Waals surface area contributed by atoms with E-state index >= 15 is 0 Å². The minimum Gasteiger partial charge on any atom is -0.481 e. The Morgan fingerprint density at radius 1 is 1.19 bits per heavy atom. The molecule has 1 unspecified atom stereocenters. The van der Waals surface area contributed by atoms with Crippen LogP contribution in [0.15, 0.2) is 47.5 Å². The Kier molecular flexibility index (Phi) is 5.76. The van der Waals surface area contributed by atoms with Crippen LogP contribution >= 0.6 is 0 Å². The molecular formula is C19H23N3O4S. The first-order valence-electron chi connectivity index (χ1n) is 8.81. The van der Waals surface area contributed by atoms with Gasteiger partial charge in [0.1, 0.15) is 6.04 Å². The number of nitrogens with one attached hydrogen (secondary N) is 1. The Bertz CT molecular complexity index is 896. The fraction of sp³-hybridized carbons (Fsp3) is 0.368. The van der Waals surface area contributed by atoms with Gasteiger partial charge in [0.25, 0.3) is 0 Å². The van der Waals surface area contributed by atoms with Crippen molar-refractivity contribution in [2.45, 2.75) is 37.1 Å². The second kappa shape index (κ2) is 8.06. The van der Waals surface area contributed by atoms with Crippen LogP contribution in [0.3, 0.4) is 0 Å². The van der Waals surface area contributed by atoms with Gasteiger partial charge >= 0.3 is 0 Å². The molecule has 1 aliphatic rings. The Hall–Kier alpha value is -2.45. The molecule has 1 aromatic carbocycles. The van der Waals surface area contributed by atoms with E-state index in [9.17, 15) is 13.2 Å². The first kappa shape index (κ1) is 19.3. The van der Waals surface area contributed by atoms with Crippen molar-refractivity contribution in [3.05, 3.63) is 48.2 Å². The summed E-state index contributed by atoms with van der Waals surface area (Å²) in [4.78, 5) is 17.0. The molecule has 0 spiro atoms. The lowest BCUT2D eigenvalue weighted by Crippen LogP contribution is -2.49. The molecule has 8 heteroatoms. The largest absolute Gasteiger partial charge is 0.481 e. The molecule has 1 aliphatic heterocycles. The predicted molar refractivity (Wildman–Crippen MR) is 102 cm³/mol. The zero-order valence-electron chi connectivity index (χ0n) is 15.4. The molecule has 7 nitrogen and oxygen atoms in total. The maximum Gasteiger partial charge on any atom is 0.243 e. The molecule has 27 heavy (non-hydrogen) atoms. The number of nitrogens with zero attached hydrogens (tertiary/aromatic N) is 2. The fourth-order valence-corrected chi connectivity index (χ4v) is 4.76. The van der Waals surface area contributed by atoms with Crippen LogP contribution in [0.5, 0.6) is 5.88 Å². The summed E-state index contributed by atoms with van der Waals surface area (Å²) in [6, 6.07) is 9.25. The molecule has 1 amide bonds. The van der Waals surface area contributed by atoms with E-state index in [1.807, 2.05) is 6.92 Å². The lowest BCUT2D eigenvalue weighted by atomic mass is 10.0. The van der Waals surface area contributed by atoms with Gasteiger partial charge < -0.3 is 10.1 Å². The fourth-order valence-electron chi connectivity index (χ4n) is 3.10. The van der Waals surface area contributed by atoms with Gasteiger partial charge in [-0.15, -0.1) is 0 Å². The predicted octanol–water partition coefficient (Wildman–Crippen LogP) is 2.58. The summed E-state index contributed by atoms with van der Waals surface area (Å²) in [5.74, 6) is 0.0894. The zero-order chi connectivity index (χ0) is 19.4. The molecule has 1 N–H and O–H groups in total. The molecule has 1 aromatic heterocycles. The number of rotatable bonds is 5. The maximum absolute atomic E-state index is 13.1. The highest BCUT2D eigenvalue weighted by Crippen LogP contribution is 2.26. The molecule has 144 valence electrons. The average molecular weight is 389 g/mol. The van der Waals surface area contributed by atoms with Crippen molar-refractivity contribution >= 4 is 21.6 Å². The lowest BCUT2D eigenvalue weighted by molar-refractivity contribution is -0.120. The summed E-state index contributed by atoms with van der Waals surface area (Å²) in [5.41, 5.74) is 1.48. The van der Waals surface area contributed by atoms with E-state index in [1.54, 1.807) is 36.4 Å². The Balaban J connectivity index is 1.81. The number of pyridine rings is 1. The van der Waals surface area contributed by atoms with Gasteiger partial charge in [-0.2, -0.15) is 4.31 Å². The molecule has 1 atom stereocenters. The molecule has 1 fully saturated rings. The smallest absolute Gasteiger partial charge is 0.243 e. The number of carbonyl (C=O) groups excluding carboxylic acids is 1. The first-order valence-corrected chi connectivity index (χ1v) is 10.3. The van der Waals surface area contributed by atoms with Crippen LogP contribution in [0.1, 0.15) is 24.8 Å². The molecule has 1 saturated heterocycles. The Labute approximate surface area is 159 Å². The van der Waals surface area contributed by atoms with Crippen molar-refractivity contribution in [2.24, 2.45) is 0 Å². The van der Waals surface area contributed by atoms with Gasteiger partial charge in [0.15, 0.2) is 0 Å². The normalized spacial score (nSPS) is 18.1. The van der Waals surface area contributed by atoms with E-state index in [4.69, 9.17) is 4.74 Å². The molecule has 2 aromatic rings. The van der Waals surface area contributed by atoms with Crippen LogP contribution in [-0.2, 0) is 14.8 Å². The third-order valence-corrected chi connectivity index (χ3v) is 6.52. The average Bonchev–Trinajstić information content (AvgIpc) is 2.69. The van der Waals surface area contributed by atoms with Crippen molar-refractivity contribution < 1.29 is 17.9 Å². The van der Waals surface area contributed by atoms with Gasteiger partial charge in [0, 0.05) is 12.6 Å². The van der Waals surface area contributed by atoms with E-state index in [0.717, 1.165) is 18.4 Å². The summed E-state index contributed by atoms with van der Waals surface area (Å²) < 4.78 is 32.4. The van der Waals surface area contributed by atoms with Crippen molar-refractivity contribution in [1.82, 2.24) is 9.29 Å². The molecule has 0 bridgehead atoms. The van der Waals surface area contributed by atoms with Crippen molar-refractivity contribution in [1.29, 1.82) is 0 Å². The monoisotopic (exact) mass is 389 g/mol. The highest BCUT2D eigenvalue weighted by Gasteiger charge is 2.37. The van der Waals surface area contributed by atoms with E-state index in [-0.39, 0.29) is 10.8 Å². The van der Waals surface area contributed by atoms with Crippen molar-refractivity contribution in [2.75, 3.05) is 19.0 Å². The third kappa shape index (κ3) is 4.28. The van der Waals surface area contributed by atoms with Crippen LogP contribution in [0, 0.1) is 6.92 Å². The SMILES string of the molecule is COc1ccc(NC(=O)C2CCCCN2S(=O)(=O)c2ccc(C)cc2)cn1. The molecule has 0 radical (unpaired) electrons. The molecule has 2 heterocycles. The summed E-state index contributed by atoms with van der Waals surface area (Å²) in [7, 11) is -2.23. The molecule has 0 aliphatic carbocycles. The highest BCUT2D eigenvalue weighted by atomic mass is 32.2. The Morgan fingerprint density at radius 2 is 1.93 bits per heavy atom. The second-order valence-corrected chi connectivity index (χ2v) is 8.41. The summed E-state index contributed by atoms with van der Waals surface area (Å²) in [6.45, 7) is 2.23. The number of hydrogen-bond donors (Lipinski definition) is 1. The first-order chi connectivity index (χ1) is 12.9. The number of piperidine rings is 1. The van der Waals surface area contributed by atoms with Gasteiger partial charge in [0.2, 0.25) is 21.8 Å². The van der Waals surface area contributed by atoms with Crippen molar-refractivity contribution in [3.8, 4) is 5.88 Å². The lowest BCUT2D eigenvalue weighted by Gasteiger charge is -2.33. The minimum absolute atomic E-state index is 0.207. The van der Waals surface area contributed by atoms with Crippen LogP contribution in [0.25, 0.3) is 0 Å². The van der Waals surface area contributed by atoms with Crippen LogP contribution < -0.4 is 10.1 Å². The minimum atomic E-state index is -3.74. The number of benzene rings is 1. The number of aromatic nitrogens is 1. The number of amides is 1. The number of aryl methyl sites for hydroxylation is 1. The van der Waals surface area contributed by atoms with Crippen molar-refractivity contribution in [3.63, 3.8) is 0 Å². The molecule has 3 rings (SSSR count). The van der Waals surface area contributed by atoms with Crippen LogP contribution in [0.4, 0.5) is 5.69 Å². The third-order valence-electron chi connectivity index (χ3n) is 4.60. The quantitative estimate of drug-likeness (QED) is 0.849. The maximum atomic E-state index is 13.1. The van der Waals surface area contributed by atoms with Gasteiger partial charge in [-0.1, -0.05) is 24.1 Å². The number of anilines is 1. The van der Waals surface area contributed by atoms with E-state index in [0.29, 0.717) is 24.5 Å². The second-order valence-electron chi connectivity index (χ2n) is 6.52. The van der Waals surface area contributed by atoms with E-state index in [1.165, 1.54) is 17.6 Å². The summed E-state index contributed by atoms with van der Waals surface area (Å²) in [5, 5.41) is 2.76. The van der Waals surface area contributed by atoms with Crippen LogP contribution in [-0.4, -0.2) is 43.3 Å². The zero-order valence-corrected chi connectivity index (χ0v) is 16.2. The Morgan fingerprint density at radius 3 is 2.56 bits per heavy atom. The van der Waals surface area contributed by atoms with Gasteiger partial charge in [-0.25, -0.2) is 13.4 Å². The van der Waals surface area contributed by atoms with Gasteiger partial charge in [-0.3, -0.25) is 4.79 Å². The number of sulfonamides is 1. The van der Waals surface area contributed by atoms with Crippen LogP contribution in [0.2, 0.25) is 0 Å². The highest BCUT2D eigenvalue weighted by molar-refractivity contribution is 7.89.